The van der Waals surface area contributed by atoms with Crippen LogP contribution in [0.3, 0.4) is 0 Å². The van der Waals surface area contributed by atoms with Crippen molar-refractivity contribution in [3.05, 3.63) is 60.8 Å². The number of carbonyl (C=O) groups excluding carboxylic acids is 1. The predicted molar refractivity (Wildman–Crippen MR) is 120 cm³/mol. The van der Waals surface area contributed by atoms with E-state index in [1.807, 2.05) is 30.3 Å². The zero-order valence-corrected chi connectivity index (χ0v) is 18.1. The van der Waals surface area contributed by atoms with Gasteiger partial charge in [0.25, 0.3) is 0 Å². The van der Waals surface area contributed by atoms with Crippen molar-refractivity contribution in [2.45, 2.75) is 29.1 Å². The summed E-state index contributed by atoms with van der Waals surface area (Å²) < 4.78 is 27.3. The summed E-state index contributed by atoms with van der Waals surface area (Å²) in [5.41, 5.74) is 1.35. The van der Waals surface area contributed by atoms with Gasteiger partial charge in [0.1, 0.15) is 0 Å². The summed E-state index contributed by atoms with van der Waals surface area (Å²) >= 11 is 1.41. The smallest absolute Gasteiger partial charge is 0.243 e. The summed E-state index contributed by atoms with van der Waals surface area (Å²) in [4.78, 5) is 18.0. The second kappa shape index (κ2) is 9.16. The molecular weight excluding hydrogens is 418 g/mol. The quantitative estimate of drug-likeness (QED) is 0.582. The van der Waals surface area contributed by atoms with Crippen LogP contribution in [0.15, 0.2) is 70.6 Å². The van der Waals surface area contributed by atoms with Crippen LogP contribution < -0.4 is 5.32 Å². The van der Waals surface area contributed by atoms with E-state index in [9.17, 15) is 13.2 Å². The Labute approximate surface area is 180 Å². The molecule has 156 valence electrons. The lowest BCUT2D eigenvalue weighted by atomic mass is 10.2. The highest BCUT2D eigenvalue weighted by Gasteiger charge is 2.26. The molecule has 1 aromatic heterocycles. The number of hydrogen-bond acceptors (Lipinski definition) is 5. The summed E-state index contributed by atoms with van der Waals surface area (Å²) in [5, 5.41) is 3.84. The lowest BCUT2D eigenvalue weighted by molar-refractivity contribution is -0.113. The Balaban J connectivity index is 1.43. The highest BCUT2D eigenvalue weighted by molar-refractivity contribution is 8.00. The van der Waals surface area contributed by atoms with E-state index >= 15 is 0 Å². The Bertz CT molecular complexity index is 1150. The molecule has 4 rings (SSSR count). The Hall–Kier alpha value is -2.42. The number of amides is 1. The molecule has 0 aliphatic carbocycles. The van der Waals surface area contributed by atoms with Crippen LogP contribution in [0.2, 0.25) is 0 Å². The normalized spacial score (nSPS) is 15.2. The molecule has 0 unspecified atom stereocenters. The maximum absolute atomic E-state index is 12.9. The van der Waals surface area contributed by atoms with Crippen molar-refractivity contribution in [1.29, 1.82) is 0 Å². The van der Waals surface area contributed by atoms with E-state index in [-0.39, 0.29) is 16.6 Å². The molecule has 1 amide bonds. The molecule has 2 aromatic carbocycles. The number of pyridine rings is 1. The van der Waals surface area contributed by atoms with E-state index in [0.29, 0.717) is 18.8 Å². The monoisotopic (exact) mass is 441 g/mol. The molecule has 1 aliphatic heterocycles. The van der Waals surface area contributed by atoms with E-state index < -0.39 is 10.0 Å². The van der Waals surface area contributed by atoms with Gasteiger partial charge in [0.05, 0.1) is 16.2 Å². The van der Waals surface area contributed by atoms with Crippen molar-refractivity contribution in [2.24, 2.45) is 0 Å². The van der Waals surface area contributed by atoms with Crippen molar-refractivity contribution in [3.8, 4) is 0 Å². The minimum Gasteiger partial charge on any atom is -0.325 e. The second-order valence-electron chi connectivity index (χ2n) is 7.16. The van der Waals surface area contributed by atoms with Crippen LogP contribution >= 0.6 is 11.8 Å². The SMILES string of the molecule is O=C(CSc1cccc2cccnc12)Nc1cccc(S(=O)(=O)N2CCCCC2)c1. The molecule has 0 atom stereocenters. The van der Waals surface area contributed by atoms with Crippen LogP contribution in [-0.2, 0) is 14.8 Å². The molecule has 1 N–H and O–H groups in total. The molecule has 3 aromatic rings. The number of hydrogen-bond donors (Lipinski definition) is 1. The van der Waals surface area contributed by atoms with Crippen molar-refractivity contribution in [2.75, 3.05) is 24.2 Å². The number of benzene rings is 2. The molecule has 30 heavy (non-hydrogen) atoms. The molecule has 1 saturated heterocycles. The molecule has 6 nitrogen and oxygen atoms in total. The van der Waals surface area contributed by atoms with Crippen LogP contribution in [0.4, 0.5) is 5.69 Å². The van der Waals surface area contributed by atoms with Crippen LogP contribution in [0, 0.1) is 0 Å². The highest BCUT2D eigenvalue weighted by atomic mass is 32.2. The van der Waals surface area contributed by atoms with Gasteiger partial charge >= 0.3 is 0 Å². The number of para-hydroxylation sites is 1. The van der Waals surface area contributed by atoms with Crippen LogP contribution in [-0.4, -0.2) is 42.5 Å². The maximum Gasteiger partial charge on any atom is 0.243 e. The first-order valence-electron chi connectivity index (χ1n) is 9.91. The topological polar surface area (TPSA) is 79.4 Å². The number of piperidine rings is 1. The van der Waals surface area contributed by atoms with Crippen LogP contribution in [0.1, 0.15) is 19.3 Å². The number of aromatic nitrogens is 1. The highest BCUT2D eigenvalue weighted by Crippen LogP contribution is 2.27. The van der Waals surface area contributed by atoms with Gasteiger partial charge in [-0.05, 0) is 43.2 Å². The second-order valence-corrected chi connectivity index (χ2v) is 10.1. The summed E-state index contributed by atoms with van der Waals surface area (Å²) in [7, 11) is -3.53. The van der Waals surface area contributed by atoms with Gasteiger partial charge < -0.3 is 5.32 Å². The Morgan fingerprint density at radius 3 is 2.63 bits per heavy atom. The number of anilines is 1. The van der Waals surface area contributed by atoms with Gasteiger partial charge in [0.2, 0.25) is 15.9 Å². The molecule has 1 aliphatic rings. The van der Waals surface area contributed by atoms with E-state index in [1.165, 1.54) is 22.1 Å². The van der Waals surface area contributed by atoms with Gasteiger partial charge in [0.15, 0.2) is 0 Å². The van der Waals surface area contributed by atoms with Gasteiger partial charge in [-0.2, -0.15) is 4.31 Å². The third-order valence-electron chi connectivity index (χ3n) is 5.03. The first-order chi connectivity index (χ1) is 14.5. The molecule has 1 fully saturated rings. The summed E-state index contributed by atoms with van der Waals surface area (Å²) in [6.45, 7) is 1.10. The average Bonchev–Trinajstić information content (AvgIpc) is 2.78. The number of carbonyl (C=O) groups is 1. The first kappa shape index (κ1) is 20.8. The van der Waals surface area contributed by atoms with Crippen molar-refractivity contribution < 1.29 is 13.2 Å². The molecule has 0 bridgehead atoms. The Morgan fingerprint density at radius 2 is 1.80 bits per heavy atom. The van der Waals surface area contributed by atoms with Crippen molar-refractivity contribution in [3.63, 3.8) is 0 Å². The third kappa shape index (κ3) is 4.66. The first-order valence-corrected chi connectivity index (χ1v) is 12.3. The fourth-order valence-electron chi connectivity index (χ4n) is 3.52. The van der Waals surface area contributed by atoms with Crippen molar-refractivity contribution >= 4 is 44.3 Å². The number of nitrogens with one attached hydrogen (secondary N) is 1. The Morgan fingerprint density at radius 1 is 1.03 bits per heavy atom. The fraction of sp³-hybridized carbons (Fsp3) is 0.273. The van der Waals surface area contributed by atoms with Crippen molar-refractivity contribution in [1.82, 2.24) is 9.29 Å². The lowest BCUT2D eigenvalue weighted by Gasteiger charge is -2.26. The van der Waals surface area contributed by atoms with Gasteiger partial charge in [-0.25, -0.2) is 8.42 Å². The standard InChI is InChI=1S/C22H23N3O3S2/c26-21(16-29-20-11-4-7-17-8-6-12-23-22(17)20)24-18-9-5-10-19(15-18)30(27,28)25-13-2-1-3-14-25/h4-12,15H,1-3,13-14,16H2,(H,24,26). The van der Waals surface area contributed by atoms with E-state index in [0.717, 1.165) is 35.1 Å². The largest absolute Gasteiger partial charge is 0.325 e. The maximum atomic E-state index is 12.9. The number of thioether (sulfide) groups is 1. The fourth-order valence-corrected chi connectivity index (χ4v) is 5.93. The minimum atomic E-state index is -3.53. The van der Waals surface area contributed by atoms with E-state index in [2.05, 4.69) is 10.3 Å². The van der Waals surface area contributed by atoms with Crippen LogP contribution in [0.5, 0.6) is 0 Å². The zero-order valence-electron chi connectivity index (χ0n) is 16.5. The number of rotatable bonds is 6. The molecule has 2 heterocycles. The number of fused-ring (bicyclic) bond motifs is 1. The van der Waals surface area contributed by atoms with E-state index in [4.69, 9.17) is 0 Å². The summed E-state index contributed by atoms with van der Waals surface area (Å²) in [6, 6.07) is 16.2. The lowest BCUT2D eigenvalue weighted by Crippen LogP contribution is -2.35. The molecule has 0 radical (unpaired) electrons. The minimum absolute atomic E-state index is 0.194. The number of nitrogens with zero attached hydrogens (tertiary/aromatic N) is 2. The molecule has 0 saturated carbocycles. The zero-order chi connectivity index (χ0) is 21.0. The third-order valence-corrected chi connectivity index (χ3v) is 7.97. The molecule has 8 heteroatoms. The summed E-state index contributed by atoms with van der Waals surface area (Å²) in [6.07, 6.45) is 4.57. The summed E-state index contributed by atoms with van der Waals surface area (Å²) in [5.74, 6) is 0.0131. The predicted octanol–water partition coefficient (Wildman–Crippen LogP) is 4.14. The van der Waals surface area contributed by atoms with Gasteiger partial charge in [-0.3, -0.25) is 9.78 Å². The Kier molecular flexibility index (Phi) is 6.36. The average molecular weight is 442 g/mol. The van der Waals surface area contributed by atoms with Gasteiger partial charge in [-0.15, -0.1) is 11.8 Å². The van der Waals surface area contributed by atoms with Gasteiger partial charge in [-0.1, -0.05) is 30.7 Å². The molecule has 0 spiro atoms. The van der Waals surface area contributed by atoms with Gasteiger partial charge in [0, 0.05) is 35.3 Å². The molecular formula is C22H23N3O3S2. The van der Waals surface area contributed by atoms with Crippen LogP contribution in [0.25, 0.3) is 10.9 Å². The van der Waals surface area contributed by atoms with E-state index in [1.54, 1.807) is 24.4 Å². The number of sulfonamides is 1.